The third-order valence-corrected chi connectivity index (χ3v) is 2.70. The second-order valence-corrected chi connectivity index (χ2v) is 3.88. The van der Waals surface area contributed by atoms with Gasteiger partial charge in [-0.2, -0.15) is 0 Å². The molecule has 0 unspecified atom stereocenters. The Bertz CT molecular complexity index is 371. The summed E-state index contributed by atoms with van der Waals surface area (Å²) in [5.74, 6) is -1.21. The highest BCUT2D eigenvalue weighted by Gasteiger charge is 2.48. The normalized spacial score (nSPS) is 17.9. The molecule has 0 radical (unpaired) electrons. The van der Waals surface area contributed by atoms with E-state index in [1.807, 2.05) is 0 Å². The summed E-state index contributed by atoms with van der Waals surface area (Å²) in [5, 5.41) is 0. The number of hydrogen-bond donors (Lipinski definition) is 0. The lowest BCUT2D eigenvalue weighted by atomic mass is 9.95. The number of carbonyl (C=O) groups excluding carboxylic acids is 1. The van der Waals surface area contributed by atoms with E-state index in [1.165, 1.54) is 12.1 Å². The van der Waals surface area contributed by atoms with Gasteiger partial charge in [-0.15, -0.1) is 0 Å². The van der Waals surface area contributed by atoms with E-state index in [9.17, 15) is 13.6 Å². The molecule has 3 heteroatoms. The van der Waals surface area contributed by atoms with Gasteiger partial charge in [-0.05, 0) is 37.5 Å². The van der Waals surface area contributed by atoms with Crippen molar-refractivity contribution in [3.63, 3.8) is 0 Å². The Balaban J connectivity index is 2.58. The zero-order chi connectivity index (χ0) is 10.3. The van der Waals surface area contributed by atoms with Gasteiger partial charge in [0.15, 0.2) is 0 Å². The monoisotopic (exact) mass is 196 g/mol. The molecular formula is C11H10F2O. The second-order valence-electron chi connectivity index (χ2n) is 3.88. The standard InChI is InChI=1S/C11H10F2O/c1-7-4-8(12)10(9(13)5-7)11(6-14)2-3-11/h4-6H,2-3H2,1H3. The fourth-order valence-electron chi connectivity index (χ4n) is 1.74. The summed E-state index contributed by atoms with van der Waals surface area (Å²) in [6.45, 7) is 1.62. The molecule has 1 aromatic rings. The summed E-state index contributed by atoms with van der Waals surface area (Å²) in [6.07, 6.45) is 1.75. The molecule has 0 N–H and O–H groups in total. The second kappa shape index (κ2) is 2.87. The quantitative estimate of drug-likeness (QED) is 0.664. The van der Waals surface area contributed by atoms with Gasteiger partial charge in [-0.3, -0.25) is 0 Å². The molecule has 1 aliphatic rings. The third-order valence-electron chi connectivity index (χ3n) is 2.70. The Morgan fingerprint density at radius 3 is 2.14 bits per heavy atom. The van der Waals surface area contributed by atoms with Gasteiger partial charge in [0.1, 0.15) is 17.9 Å². The van der Waals surface area contributed by atoms with E-state index in [0.717, 1.165) is 0 Å². The minimum absolute atomic E-state index is 0.0573. The van der Waals surface area contributed by atoms with Crippen LogP contribution in [0.1, 0.15) is 24.0 Å². The molecule has 0 bridgehead atoms. The van der Waals surface area contributed by atoms with Gasteiger partial charge >= 0.3 is 0 Å². The van der Waals surface area contributed by atoms with Crippen LogP contribution < -0.4 is 0 Å². The molecule has 0 heterocycles. The van der Waals surface area contributed by atoms with E-state index in [2.05, 4.69) is 0 Å². The Kier molecular flexibility index (Phi) is 1.91. The van der Waals surface area contributed by atoms with Gasteiger partial charge < -0.3 is 4.79 Å². The maximum absolute atomic E-state index is 13.4. The van der Waals surface area contributed by atoms with Crippen molar-refractivity contribution in [2.24, 2.45) is 0 Å². The molecular weight excluding hydrogens is 186 g/mol. The molecule has 0 saturated heterocycles. The van der Waals surface area contributed by atoms with E-state index >= 15 is 0 Å². The van der Waals surface area contributed by atoms with Crippen LogP contribution in [-0.4, -0.2) is 6.29 Å². The van der Waals surface area contributed by atoms with Gasteiger partial charge in [-0.1, -0.05) is 0 Å². The van der Waals surface area contributed by atoms with Gasteiger partial charge in [-0.25, -0.2) is 8.78 Å². The van der Waals surface area contributed by atoms with Crippen molar-refractivity contribution in [1.82, 2.24) is 0 Å². The Hall–Kier alpha value is -1.25. The molecule has 1 fully saturated rings. The van der Waals surface area contributed by atoms with Crippen molar-refractivity contribution < 1.29 is 13.6 Å². The van der Waals surface area contributed by atoms with Gasteiger partial charge in [0.2, 0.25) is 0 Å². The molecule has 1 saturated carbocycles. The van der Waals surface area contributed by atoms with Crippen LogP contribution >= 0.6 is 0 Å². The Morgan fingerprint density at radius 1 is 1.29 bits per heavy atom. The number of hydrogen-bond acceptors (Lipinski definition) is 1. The van der Waals surface area contributed by atoms with Crippen molar-refractivity contribution >= 4 is 6.29 Å². The average molecular weight is 196 g/mol. The van der Waals surface area contributed by atoms with Crippen LogP contribution in [0.5, 0.6) is 0 Å². The number of benzene rings is 1. The summed E-state index contributed by atoms with van der Waals surface area (Å²) in [4.78, 5) is 10.7. The topological polar surface area (TPSA) is 17.1 Å². The lowest BCUT2D eigenvalue weighted by molar-refractivity contribution is -0.110. The zero-order valence-corrected chi connectivity index (χ0v) is 7.81. The van der Waals surface area contributed by atoms with Crippen molar-refractivity contribution in [3.05, 3.63) is 34.9 Å². The maximum Gasteiger partial charge on any atom is 0.130 e. The largest absolute Gasteiger partial charge is 0.302 e. The molecule has 1 aromatic carbocycles. The van der Waals surface area contributed by atoms with Crippen LogP contribution in [0, 0.1) is 18.6 Å². The maximum atomic E-state index is 13.4. The molecule has 2 rings (SSSR count). The van der Waals surface area contributed by atoms with Gasteiger partial charge in [0.05, 0.1) is 5.41 Å². The molecule has 0 aliphatic heterocycles. The third kappa shape index (κ3) is 1.24. The molecule has 1 nitrogen and oxygen atoms in total. The zero-order valence-electron chi connectivity index (χ0n) is 7.81. The first kappa shape index (κ1) is 9.31. The van der Waals surface area contributed by atoms with Crippen LogP contribution in [0.2, 0.25) is 0 Å². The SMILES string of the molecule is Cc1cc(F)c(C2(C=O)CC2)c(F)c1. The fraction of sp³-hybridized carbons (Fsp3) is 0.364. The van der Waals surface area contributed by atoms with Crippen molar-refractivity contribution in [2.75, 3.05) is 0 Å². The van der Waals surface area contributed by atoms with Crippen LogP contribution in [0.15, 0.2) is 12.1 Å². The van der Waals surface area contributed by atoms with Crippen LogP contribution in [0.4, 0.5) is 8.78 Å². The number of aryl methyl sites for hydroxylation is 1. The summed E-state index contributed by atoms with van der Waals surface area (Å²) in [7, 11) is 0. The Labute approximate surface area is 80.7 Å². The Morgan fingerprint density at radius 2 is 1.79 bits per heavy atom. The van der Waals surface area contributed by atoms with Gasteiger partial charge in [0.25, 0.3) is 0 Å². The van der Waals surface area contributed by atoms with Crippen LogP contribution in [-0.2, 0) is 10.2 Å². The van der Waals surface area contributed by atoms with Crippen LogP contribution in [0.25, 0.3) is 0 Å². The minimum atomic E-state index is -0.873. The molecule has 0 aromatic heterocycles. The van der Waals surface area contributed by atoms with E-state index in [1.54, 1.807) is 6.92 Å². The average Bonchev–Trinajstić information content (AvgIpc) is 2.83. The molecule has 14 heavy (non-hydrogen) atoms. The van der Waals surface area contributed by atoms with E-state index in [-0.39, 0.29) is 5.56 Å². The van der Waals surface area contributed by atoms with Crippen molar-refractivity contribution in [1.29, 1.82) is 0 Å². The number of rotatable bonds is 2. The summed E-state index contributed by atoms with van der Waals surface area (Å²) >= 11 is 0. The molecule has 0 amide bonds. The smallest absolute Gasteiger partial charge is 0.130 e. The van der Waals surface area contributed by atoms with Crippen molar-refractivity contribution in [2.45, 2.75) is 25.2 Å². The highest BCUT2D eigenvalue weighted by Crippen LogP contribution is 2.48. The van der Waals surface area contributed by atoms with Crippen LogP contribution in [0.3, 0.4) is 0 Å². The predicted molar refractivity (Wildman–Crippen MR) is 48.1 cm³/mol. The summed E-state index contributed by atoms with van der Waals surface area (Å²) in [5.41, 5.74) is -0.398. The first-order chi connectivity index (χ1) is 6.59. The molecule has 0 atom stereocenters. The highest BCUT2D eigenvalue weighted by molar-refractivity contribution is 5.73. The number of carbonyl (C=O) groups is 1. The lowest BCUT2D eigenvalue weighted by Crippen LogP contribution is -2.13. The first-order valence-corrected chi connectivity index (χ1v) is 4.51. The van der Waals surface area contributed by atoms with E-state index < -0.39 is 17.0 Å². The fourth-order valence-corrected chi connectivity index (χ4v) is 1.74. The van der Waals surface area contributed by atoms with Gasteiger partial charge in [0, 0.05) is 5.56 Å². The molecule has 0 spiro atoms. The van der Waals surface area contributed by atoms with Crippen molar-refractivity contribution in [3.8, 4) is 0 Å². The van der Waals surface area contributed by atoms with E-state index in [0.29, 0.717) is 24.7 Å². The lowest BCUT2D eigenvalue weighted by Gasteiger charge is -2.10. The molecule has 1 aliphatic carbocycles. The summed E-state index contributed by atoms with van der Waals surface area (Å²) in [6, 6.07) is 2.53. The minimum Gasteiger partial charge on any atom is -0.302 e. The molecule has 74 valence electrons. The number of halogens is 2. The number of aldehydes is 1. The van der Waals surface area contributed by atoms with E-state index in [4.69, 9.17) is 0 Å². The summed E-state index contributed by atoms with van der Waals surface area (Å²) < 4.78 is 26.9. The first-order valence-electron chi connectivity index (χ1n) is 4.51. The predicted octanol–water partition coefficient (Wildman–Crippen LogP) is 2.50. The highest BCUT2D eigenvalue weighted by atomic mass is 19.1.